The number of ether oxygens (including phenoxy) is 3. The number of carboxylic acids is 1. The smallest absolute Gasteiger partial charge is 0.419 e. The molecule has 1 aliphatic rings. The molecular formula is C15H22N2O9. The fourth-order valence-corrected chi connectivity index (χ4v) is 2.12. The zero-order chi connectivity index (χ0) is 20.1. The van der Waals surface area contributed by atoms with E-state index in [-0.39, 0.29) is 19.5 Å². The number of nitrogens with one attached hydrogen (secondary N) is 1. The van der Waals surface area contributed by atoms with E-state index < -0.39 is 47.7 Å². The summed E-state index contributed by atoms with van der Waals surface area (Å²) in [5, 5.41) is 12.0. The van der Waals surface area contributed by atoms with Crippen LogP contribution in [0.1, 0.15) is 27.2 Å². The molecule has 1 amide bonds. The topological polar surface area (TPSA) is 149 Å². The Morgan fingerprint density at radius 1 is 1.27 bits per heavy atom. The van der Waals surface area contributed by atoms with Gasteiger partial charge in [-0.2, -0.15) is 0 Å². The molecule has 1 rings (SSSR count). The third kappa shape index (κ3) is 5.99. The molecule has 0 aliphatic carbocycles. The summed E-state index contributed by atoms with van der Waals surface area (Å²) in [5.74, 6) is -6.00. The monoisotopic (exact) mass is 374 g/mol. The molecule has 0 aromatic heterocycles. The Balaban J connectivity index is 2.87. The molecule has 11 heteroatoms. The maximum atomic E-state index is 12.4. The van der Waals surface area contributed by atoms with Crippen LogP contribution >= 0.6 is 0 Å². The van der Waals surface area contributed by atoms with Gasteiger partial charge in [-0.3, -0.25) is 14.5 Å². The highest BCUT2D eigenvalue weighted by Gasteiger charge is 2.41. The fourth-order valence-electron chi connectivity index (χ4n) is 2.12. The summed E-state index contributed by atoms with van der Waals surface area (Å²) in [6.07, 6.45) is -2.34. The molecule has 0 aromatic rings. The standard InChI is InChI=1S/C15H22N2O9/c1-15(2,3)26-14(23)13(22)25-11(12(20)21)17-6-5-16-8(10(17)19)7-9(18)24-4/h8,11,16H,5-7H2,1-4H3,(H,20,21)/t8-,11?/m0/s1. The van der Waals surface area contributed by atoms with Crippen LogP contribution in [0.15, 0.2) is 0 Å². The van der Waals surface area contributed by atoms with Crippen molar-refractivity contribution >= 4 is 29.8 Å². The molecule has 26 heavy (non-hydrogen) atoms. The van der Waals surface area contributed by atoms with Gasteiger partial charge in [0.15, 0.2) is 0 Å². The summed E-state index contributed by atoms with van der Waals surface area (Å²) < 4.78 is 13.9. The second-order valence-electron chi connectivity index (χ2n) is 6.42. The quantitative estimate of drug-likeness (QED) is 0.336. The minimum atomic E-state index is -2.02. The zero-order valence-corrected chi connectivity index (χ0v) is 14.9. The Morgan fingerprint density at radius 2 is 1.88 bits per heavy atom. The molecule has 1 fully saturated rings. The number of aliphatic carboxylic acids is 1. The zero-order valence-electron chi connectivity index (χ0n) is 14.9. The van der Waals surface area contributed by atoms with Gasteiger partial charge in [0, 0.05) is 13.1 Å². The summed E-state index contributed by atoms with van der Waals surface area (Å²) in [4.78, 5) is 59.4. The number of methoxy groups -OCH3 is 1. The van der Waals surface area contributed by atoms with Crippen LogP contribution in [-0.4, -0.2) is 77.9 Å². The number of esters is 3. The molecule has 0 radical (unpaired) electrons. The average molecular weight is 374 g/mol. The lowest BCUT2D eigenvalue weighted by atomic mass is 10.1. The van der Waals surface area contributed by atoms with Gasteiger partial charge in [-0.15, -0.1) is 0 Å². The van der Waals surface area contributed by atoms with Crippen LogP contribution in [-0.2, 0) is 38.2 Å². The van der Waals surface area contributed by atoms with Crippen molar-refractivity contribution in [3.8, 4) is 0 Å². The third-order valence-corrected chi connectivity index (χ3v) is 3.20. The van der Waals surface area contributed by atoms with Crippen molar-refractivity contribution in [3.63, 3.8) is 0 Å². The molecule has 0 saturated carbocycles. The highest BCUT2D eigenvalue weighted by Crippen LogP contribution is 2.13. The highest BCUT2D eigenvalue weighted by atomic mass is 16.6. The maximum Gasteiger partial charge on any atom is 0.419 e. The predicted octanol–water partition coefficient (Wildman–Crippen LogP) is -1.35. The SMILES string of the molecule is COC(=O)C[C@@H]1NCCN(C(OC(=O)C(=O)OC(C)(C)C)C(=O)O)C1=O. The Bertz CT molecular complexity index is 596. The number of amides is 1. The summed E-state index contributed by atoms with van der Waals surface area (Å²) in [7, 11) is 1.15. The molecule has 2 atom stereocenters. The van der Waals surface area contributed by atoms with Crippen molar-refractivity contribution in [1.29, 1.82) is 0 Å². The van der Waals surface area contributed by atoms with Gasteiger partial charge >= 0.3 is 23.9 Å². The second kappa shape index (κ2) is 8.61. The molecule has 0 spiro atoms. The first-order valence-corrected chi connectivity index (χ1v) is 7.73. The fraction of sp³-hybridized carbons (Fsp3) is 0.667. The normalized spacial score (nSPS) is 18.7. The summed E-state index contributed by atoms with van der Waals surface area (Å²) in [6.45, 7) is 4.61. The largest absolute Gasteiger partial charge is 0.477 e. The Hall–Kier alpha value is -2.69. The van der Waals surface area contributed by atoms with Crippen molar-refractivity contribution in [3.05, 3.63) is 0 Å². The first-order valence-electron chi connectivity index (χ1n) is 7.73. The number of carbonyl (C=O) groups is 5. The number of nitrogens with zero attached hydrogens (tertiary/aromatic N) is 1. The highest BCUT2D eigenvalue weighted by molar-refractivity contribution is 6.30. The van der Waals surface area contributed by atoms with Crippen molar-refractivity contribution in [2.75, 3.05) is 20.2 Å². The average Bonchev–Trinajstić information content (AvgIpc) is 2.52. The molecule has 1 saturated heterocycles. The van der Waals surface area contributed by atoms with Crippen LogP contribution in [0, 0.1) is 0 Å². The number of piperazine rings is 1. The van der Waals surface area contributed by atoms with Gasteiger partial charge in [0.05, 0.1) is 19.6 Å². The van der Waals surface area contributed by atoms with Crippen LogP contribution in [0.2, 0.25) is 0 Å². The van der Waals surface area contributed by atoms with Gasteiger partial charge in [-0.25, -0.2) is 14.4 Å². The van der Waals surface area contributed by atoms with Crippen molar-refractivity contribution in [2.24, 2.45) is 0 Å². The van der Waals surface area contributed by atoms with Crippen molar-refractivity contribution in [1.82, 2.24) is 10.2 Å². The van der Waals surface area contributed by atoms with E-state index in [1.807, 2.05) is 0 Å². The Labute approximate surface area is 149 Å². The van der Waals surface area contributed by atoms with E-state index in [2.05, 4.69) is 14.8 Å². The van der Waals surface area contributed by atoms with Crippen molar-refractivity contribution < 1.29 is 43.3 Å². The summed E-state index contributed by atoms with van der Waals surface area (Å²) in [6, 6.07) is -1.03. The van der Waals surface area contributed by atoms with Gasteiger partial charge < -0.3 is 24.6 Å². The van der Waals surface area contributed by atoms with E-state index in [4.69, 9.17) is 4.74 Å². The van der Waals surface area contributed by atoms with E-state index in [1.165, 1.54) is 20.8 Å². The molecule has 2 N–H and O–H groups in total. The molecule has 1 unspecified atom stereocenters. The molecule has 1 heterocycles. The second-order valence-corrected chi connectivity index (χ2v) is 6.42. The number of carbonyl (C=O) groups excluding carboxylic acids is 4. The lowest BCUT2D eigenvalue weighted by Crippen LogP contribution is -2.61. The minimum Gasteiger partial charge on any atom is -0.477 e. The number of rotatable bonds is 5. The molecule has 0 bridgehead atoms. The van der Waals surface area contributed by atoms with Gasteiger partial charge in [0.1, 0.15) is 5.60 Å². The lowest BCUT2D eigenvalue weighted by molar-refractivity contribution is -0.192. The maximum absolute atomic E-state index is 12.4. The van der Waals surface area contributed by atoms with Crippen molar-refractivity contribution in [2.45, 2.75) is 45.1 Å². The van der Waals surface area contributed by atoms with E-state index in [1.54, 1.807) is 0 Å². The lowest BCUT2D eigenvalue weighted by Gasteiger charge is -2.35. The van der Waals surface area contributed by atoms with Crippen LogP contribution in [0.25, 0.3) is 0 Å². The minimum absolute atomic E-state index is 0.102. The van der Waals surface area contributed by atoms with Gasteiger partial charge in [-0.1, -0.05) is 0 Å². The number of carboxylic acid groups (broad SMARTS) is 1. The van der Waals surface area contributed by atoms with Gasteiger partial charge in [0.25, 0.3) is 6.23 Å². The molecule has 0 aromatic carbocycles. The van der Waals surface area contributed by atoms with E-state index in [0.717, 1.165) is 12.0 Å². The van der Waals surface area contributed by atoms with E-state index >= 15 is 0 Å². The van der Waals surface area contributed by atoms with Crippen LogP contribution in [0.5, 0.6) is 0 Å². The van der Waals surface area contributed by atoms with E-state index in [0.29, 0.717) is 0 Å². The summed E-state index contributed by atoms with van der Waals surface area (Å²) in [5.41, 5.74) is -0.981. The summed E-state index contributed by atoms with van der Waals surface area (Å²) >= 11 is 0. The molecule has 146 valence electrons. The Kier molecular flexibility index (Phi) is 7.07. The first-order chi connectivity index (χ1) is 12.0. The molecular weight excluding hydrogens is 352 g/mol. The molecule has 11 nitrogen and oxygen atoms in total. The van der Waals surface area contributed by atoms with Crippen LogP contribution in [0.4, 0.5) is 0 Å². The van der Waals surface area contributed by atoms with E-state index in [9.17, 15) is 29.1 Å². The molecule has 1 aliphatic heterocycles. The van der Waals surface area contributed by atoms with Gasteiger partial charge in [-0.05, 0) is 20.8 Å². The third-order valence-electron chi connectivity index (χ3n) is 3.20. The number of hydrogen-bond donors (Lipinski definition) is 2. The predicted molar refractivity (Wildman–Crippen MR) is 83.5 cm³/mol. The van der Waals surface area contributed by atoms with Crippen LogP contribution in [0.3, 0.4) is 0 Å². The first kappa shape index (κ1) is 21.4. The van der Waals surface area contributed by atoms with Gasteiger partial charge in [0.2, 0.25) is 5.91 Å². The number of hydrogen-bond acceptors (Lipinski definition) is 9. The van der Waals surface area contributed by atoms with Crippen LogP contribution < -0.4 is 5.32 Å². The Morgan fingerprint density at radius 3 is 2.38 bits per heavy atom.